The second kappa shape index (κ2) is 13.3. The number of hydrogen-bond donors (Lipinski definition) is 0. The van der Waals surface area contributed by atoms with Crippen LogP contribution in [0, 0.1) is 13.8 Å². The molecular formula is C29H40N4O4S2. The van der Waals surface area contributed by atoms with E-state index >= 15 is 0 Å². The SMILES string of the molecule is CCCN(CCC)S(=O)(=O)c1ccc(C(=O)N(CCCN2CCOCC2)c2nc3c(C)c(C)ccc3s2)cc1. The molecule has 3 aromatic rings. The molecule has 0 bridgehead atoms. The van der Waals surface area contributed by atoms with Gasteiger partial charge in [0.15, 0.2) is 5.13 Å². The van der Waals surface area contributed by atoms with E-state index in [0.29, 0.717) is 30.3 Å². The van der Waals surface area contributed by atoms with Gasteiger partial charge in [-0.05, 0) is 74.6 Å². The van der Waals surface area contributed by atoms with Crippen LogP contribution < -0.4 is 4.90 Å². The zero-order valence-corrected chi connectivity index (χ0v) is 25.1. The van der Waals surface area contributed by atoms with E-state index in [2.05, 4.69) is 30.9 Å². The minimum Gasteiger partial charge on any atom is -0.379 e. The molecule has 0 unspecified atom stereocenters. The number of carbonyl (C=O) groups excluding carboxylic acids is 1. The topological polar surface area (TPSA) is 83.1 Å². The second-order valence-electron chi connectivity index (χ2n) is 10.0. The van der Waals surface area contributed by atoms with E-state index in [1.807, 2.05) is 13.8 Å². The number of nitrogens with zero attached hydrogens (tertiary/aromatic N) is 4. The smallest absolute Gasteiger partial charge is 0.260 e. The molecule has 2 aromatic carbocycles. The van der Waals surface area contributed by atoms with Gasteiger partial charge in [-0.3, -0.25) is 14.6 Å². The van der Waals surface area contributed by atoms with Crippen molar-refractivity contribution in [3.63, 3.8) is 0 Å². The Hall–Kier alpha value is -2.37. The highest BCUT2D eigenvalue weighted by molar-refractivity contribution is 7.89. The van der Waals surface area contributed by atoms with Crippen LogP contribution in [-0.2, 0) is 14.8 Å². The molecule has 1 fully saturated rings. The van der Waals surface area contributed by atoms with Crippen LogP contribution in [0.5, 0.6) is 0 Å². The fourth-order valence-electron chi connectivity index (χ4n) is 4.82. The van der Waals surface area contributed by atoms with Crippen molar-refractivity contribution in [3.8, 4) is 0 Å². The number of hydrogen-bond acceptors (Lipinski definition) is 7. The first-order chi connectivity index (χ1) is 18.8. The summed E-state index contributed by atoms with van der Waals surface area (Å²) in [7, 11) is -3.61. The molecular weight excluding hydrogens is 532 g/mol. The minimum atomic E-state index is -3.61. The van der Waals surface area contributed by atoms with Crippen LogP contribution in [0.4, 0.5) is 5.13 Å². The van der Waals surface area contributed by atoms with Crippen molar-refractivity contribution in [1.29, 1.82) is 0 Å². The van der Waals surface area contributed by atoms with Gasteiger partial charge in [-0.15, -0.1) is 0 Å². The molecule has 8 nitrogen and oxygen atoms in total. The maximum absolute atomic E-state index is 13.9. The van der Waals surface area contributed by atoms with Gasteiger partial charge in [0.2, 0.25) is 10.0 Å². The fraction of sp³-hybridized carbons (Fsp3) is 0.517. The summed E-state index contributed by atoms with van der Waals surface area (Å²) < 4.78 is 34.4. The van der Waals surface area contributed by atoms with E-state index in [1.165, 1.54) is 21.2 Å². The van der Waals surface area contributed by atoms with Crippen LogP contribution in [-0.4, -0.2) is 81.0 Å². The maximum Gasteiger partial charge on any atom is 0.260 e. The van der Waals surface area contributed by atoms with Crippen LogP contribution in [0.2, 0.25) is 0 Å². The molecule has 1 aromatic heterocycles. The summed E-state index contributed by atoms with van der Waals surface area (Å²) in [5, 5.41) is 0.666. The third-order valence-electron chi connectivity index (χ3n) is 7.19. The van der Waals surface area contributed by atoms with Gasteiger partial charge in [0, 0.05) is 44.8 Å². The number of sulfonamides is 1. The molecule has 0 atom stereocenters. The molecule has 1 aliphatic rings. The molecule has 212 valence electrons. The monoisotopic (exact) mass is 572 g/mol. The molecule has 0 N–H and O–H groups in total. The Bertz CT molecular complexity index is 1360. The number of thiazole rings is 1. The third-order valence-corrected chi connectivity index (χ3v) is 10.2. The number of carbonyl (C=O) groups is 1. The molecule has 2 heterocycles. The fourth-order valence-corrected chi connectivity index (χ4v) is 7.49. The number of morpholine rings is 1. The quantitative estimate of drug-likeness (QED) is 0.301. The van der Waals surface area contributed by atoms with Gasteiger partial charge >= 0.3 is 0 Å². The van der Waals surface area contributed by atoms with E-state index in [9.17, 15) is 13.2 Å². The van der Waals surface area contributed by atoms with Gasteiger partial charge in [0.05, 0.1) is 28.3 Å². The van der Waals surface area contributed by atoms with E-state index in [0.717, 1.165) is 67.9 Å². The highest BCUT2D eigenvalue weighted by Gasteiger charge is 2.26. The molecule has 1 saturated heterocycles. The molecule has 0 spiro atoms. The van der Waals surface area contributed by atoms with E-state index in [1.54, 1.807) is 29.2 Å². The number of aromatic nitrogens is 1. The van der Waals surface area contributed by atoms with Gasteiger partial charge in [0.25, 0.3) is 5.91 Å². The maximum atomic E-state index is 13.9. The standard InChI is InChI=1S/C29H40N4O4S2/c1-5-14-32(15-6-2)39(35,36)25-11-9-24(10-12-25)28(34)33(17-7-16-31-18-20-37-21-19-31)29-30-27-23(4)22(3)8-13-26(27)38-29/h8-13H,5-7,14-21H2,1-4H3. The number of aryl methyl sites for hydroxylation is 2. The lowest BCUT2D eigenvalue weighted by Crippen LogP contribution is -2.39. The summed E-state index contributed by atoms with van der Waals surface area (Å²) in [6.07, 6.45) is 2.29. The number of anilines is 1. The Kier molecular flexibility index (Phi) is 10.1. The Morgan fingerprint density at radius 3 is 2.31 bits per heavy atom. The van der Waals surface area contributed by atoms with Crippen molar-refractivity contribution in [1.82, 2.24) is 14.2 Å². The molecule has 0 saturated carbocycles. The summed E-state index contributed by atoms with van der Waals surface area (Å²) in [5.74, 6) is -0.173. The lowest BCUT2D eigenvalue weighted by molar-refractivity contribution is 0.0376. The lowest BCUT2D eigenvalue weighted by Gasteiger charge is -2.27. The van der Waals surface area contributed by atoms with Crippen LogP contribution in [0.25, 0.3) is 10.2 Å². The first kappa shape index (κ1) is 29.6. The number of amides is 1. The van der Waals surface area contributed by atoms with Crippen molar-refractivity contribution in [3.05, 3.63) is 53.1 Å². The van der Waals surface area contributed by atoms with Crippen molar-refractivity contribution in [2.24, 2.45) is 0 Å². The van der Waals surface area contributed by atoms with Gasteiger partial charge in [0.1, 0.15) is 0 Å². The van der Waals surface area contributed by atoms with Crippen LogP contribution in [0.15, 0.2) is 41.3 Å². The normalized spacial score (nSPS) is 14.8. The largest absolute Gasteiger partial charge is 0.379 e. The predicted molar refractivity (Wildman–Crippen MR) is 158 cm³/mol. The molecule has 39 heavy (non-hydrogen) atoms. The summed E-state index contributed by atoms with van der Waals surface area (Å²) in [6.45, 7) is 13.7. The average Bonchev–Trinajstić information content (AvgIpc) is 3.38. The molecule has 1 aliphatic heterocycles. The molecule has 1 amide bonds. The minimum absolute atomic E-state index is 0.173. The Labute approximate surface area is 236 Å². The summed E-state index contributed by atoms with van der Waals surface area (Å²) in [5.41, 5.74) is 3.66. The number of rotatable bonds is 12. The zero-order chi connectivity index (χ0) is 28.0. The number of benzene rings is 2. The summed E-state index contributed by atoms with van der Waals surface area (Å²) >= 11 is 1.52. The second-order valence-corrected chi connectivity index (χ2v) is 13.0. The van der Waals surface area contributed by atoms with Gasteiger partial charge in [-0.1, -0.05) is 31.3 Å². The molecule has 10 heteroatoms. The van der Waals surface area contributed by atoms with E-state index in [-0.39, 0.29) is 10.8 Å². The highest BCUT2D eigenvalue weighted by atomic mass is 32.2. The Morgan fingerprint density at radius 2 is 1.67 bits per heavy atom. The van der Waals surface area contributed by atoms with Crippen LogP contribution in [0.3, 0.4) is 0 Å². The van der Waals surface area contributed by atoms with Crippen LogP contribution >= 0.6 is 11.3 Å². The molecule has 0 radical (unpaired) electrons. The number of ether oxygens (including phenoxy) is 1. The first-order valence-corrected chi connectivity index (χ1v) is 16.1. The summed E-state index contributed by atoms with van der Waals surface area (Å²) in [6, 6.07) is 10.5. The lowest BCUT2D eigenvalue weighted by atomic mass is 10.1. The van der Waals surface area contributed by atoms with Crippen molar-refractivity contribution >= 4 is 42.6 Å². The zero-order valence-electron chi connectivity index (χ0n) is 23.5. The van der Waals surface area contributed by atoms with E-state index in [4.69, 9.17) is 9.72 Å². The number of fused-ring (bicyclic) bond motifs is 1. The van der Waals surface area contributed by atoms with Crippen molar-refractivity contribution in [2.75, 3.05) is 57.4 Å². The van der Waals surface area contributed by atoms with Crippen molar-refractivity contribution < 1.29 is 17.9 Å². The third kappa shape index (κ3) is 6.86. The predicted octanol–water partition coefficient (Wildman–Crippen LogP) is 5.09. The average molecular weight is 573 g/mol. The first-order valence-electron chi connectivity index (χ1n) is 13.8. The molecule has 0 aliphatic carbocycles. The molecule has 4 rings (SSSR count). The van der Waals surface area contributed by atoms with E-state index < -0.39 is 10.0 Å². The summed E-state index contributed by atoms with van der Waals surface area (Å²) in [4.78, 5) is 23.1. The van der Waals surface area contributed by atoms with Crippen LogP contribution in [0.1, 0.15) is 54.6 Å². The van der Waals surface area contributed by atoms with Gasteiger partial charge < -0.3 is 4.74 Å². The van der Waals surface area contributed by atoms with Crippen molar-refractivity contribution in [2.45, 2.75) is 51.9 Å². The van der Waals surface area contributed by atoms with Gasteiger partial charge in [-0.2, -0.15) is 4.31 Å². The highest BCUT2D eigenvalue weighted by Crippen LogP contribution is 2.33. The Morgan fingerprint density at radius 1 is 1.00 bits per heavy atom. The Balaban J connectivity index is 1.60. The van der Waals surface area contributed by atoms with Gasteiger partial charge in [-0.25, -0.2) is 13.4 Å².